The fourth-order valence-corrected chi connectivity index (χ4v) is 3.12. The summed E-state index contributed by atoms with van der Waals surface area (Å²) in [6.07, 6.45) is 0. The van der Waals surface area contributed by atoms with Crippen molar-refractivity contribution in [1.29, 1.82) is 0 Å². The Labute approximate surface area is 152 Å². The summed E-state index contributed by atoms with van der Waals surface area (Å²) in [7, 11) is 4.24. The molecular weight excluding hydrogens is 346 g/mol. The molecule has 2 aromatic rings. The summed E-state index contributed by atoms with van der Waals surface area (Å²) >= 11 is 13.0. The van der Waals surface area contributed by atoms with Crippen molar-refractivity contribution in [3.8, 4) is 0 Å². The van der Waals surface area contributed by atoms with Gasteiger partial charge in [0, 0.05) is 14.8 Å². The van der Waals surface area contributed by atoms with Crippen LogP contribution in [0.15, 0.2) is 58.3 Å². The molecule has 0 bridgehead atoms. The number of nitrogens with one attached hydrogen (secondary N) is 3. The van der Waals surface area contributed by atoms with Gasteiger partial charge in [0.15, 0.2) is 5.11 Å². The van der Waals surface area contributed by atoms with Gasteiger partial charge in [-0.15, -0.1) is 0 Å². The lowest BCUT2D eigenvalue weighted by Gasteiger charge is -2.14. The van der Waals surface area contributed by atoms with E-state index in [4.69, 9.17) is 23.8 Å². The monoisotopic (exact) mass is 366 g/mol. The van der Waals surface area contributed by atoms with Crippen LogP contribution in [0.2, 0.25) is 5.02 Å². The molecule has 0 aliphatic carbocycles. The average Bonchev–Trinajstić information content (AvgIpc) is 2.51. The van der Waals surface area contributed by atoms with Gasteiger partial charge in [-0.05, 0) is 48.6 Å². The summed E-state index contributed by atoms with van der Waals surface area (Å²) in [5.41, 5.74) is 1.00. The summed E-state index contributed by atoms with van der Waals surface area (Å²) in [5.74, 6) is 0. The molecule has 0 atom stereocenters. The molecular formula is C17H21ClN3S2+. The van der Waals surface area contributed by atoms with Crippen LogP contribution in [0.3, 0.4) is 0 Å². The van der Waals surface area contributed by atoms with E-state index < -0.39 is 0 Å². The zero-order chi connectivity index (χ0) is 16.7. The maximum atomic E-state index is 5.94. The minimum absolute atomic E-state index is 0.649. The summed E-state index contributed by atoms with van der Waals surface area (Å²) in [5, 5.41) is 7.91. The highest BCUT2D eigenvalue weighted by atomic mass is 35.5. The summed E-state index contributed by atoms with van der Waals surface area (Å²) in [6.45, 7) is 1.86. The molecule has 3 N–H and O–H groups in total. The zero-order valence-electron chi connectivity index (χ0n) is 13.2. The van der Waals surface area contributed by atoms with Crippen LogP contribution in [0, 0.1) is 0 Å². The lowest BCUT2D eigenvalue weighted by molar-refractivity contribution is -0.856. The molecule has 0 saturated carbocycles. The van der Waals surface area contributed by atoms with Gasteiger partial charge in [0.2, 0.25) is 0 Å². The summed E-state index contributed by atoms with van der Waals surface area (Å²) in [4.78, 5) is 3.65. The van der Waals surface area contributed by atoms with Gasteiger partial charge >= 0.3 is 0 Å². The maximum Gasteiger partial charge on any atom is 0.171 e. The van der Waals surface area contributed by atoms with E-state index in [1.807, 2.05) is 42.5 Å². The van der Waals surface area contributed by atoms with Crippen LogP contribution in [-0.2, 0) is 0 Å². The summed E-state index contributed by atoms with van der Waals surface area (Å²) in [6, 6.07) is 16.0. The molecule has 0 spiro atoms. The van der Waals surface area contributed by atoms with Gasteiger partial charge in [-0.2, -0.15) is 0 Å². The van der Waals surface area contributed by atoms with Crippen molar-refractivity contribution < 1.29 is 4.90 Å². The standard InChI is InChI=1S/C17H20ClN3S2/c1-21(2)12-11-19-17(22)20-15-5-3-4-6-16(15)23-14-9-7-13(18)8-10-14/h3-10H,11-12H2,1-2H3,(H2,19,20,22)/p+1. The highest BCUT2D eigenvalue weighted by Gasteiger charge is 2.06. The van der Waals surface area contributed by atoms with Crippen molar-refractivity contribution in [2.24, 2.45) is 0 Å². The second-order valence-electron chi connectivity index (χ2n) is 5.39. The van der Waals surface area contributed by atoms with Crippen LogP contribution in [0.1, 0.15) is 0 Å². The topological polar surface area (TPSA) is 28.5 Å². The van der Waals surface area contributed by atoms with Crippen LogP contribution in [0.4, 0.5) is 5.69 Å². The third-order valence-corrected chi connectivity index (χ3v) is 4.67. The van der Waals surface area contributed by atoms with E-state index in [-0.39, 0.29) is 0 Å². The van der Waals surface area contributed by atoms with E-state index in [2.05, 4.69) is 30.8 Å². The molecule has 0 unspecified atom stereocenters. The highest BCUT2D eigenvalue weighted by molar-refractivity contribution is 7.99. The first kappa shape index (κ1) is 18.1. The number of likely N-dealkylation sites (N-methyl/N-ethyl adjacent to an activating group) is 1. The molecule has 0 aliphatic heterocycles. The Balaban J connectivity index is 1.99. The molecule has 0 fully saturated rings. The maximum absolute atomic E-state index is 5.94. The number of anilines is 1. The fraction of sp³-hybridized carbons (Fsp3) is 0.235. The van der Waals surface area contributed by atoms with E-state index in [0.717, 1.165) is 33.6 Å². The van der Waals surface area contributed by atoms with Gasteiger partial charge in [0.25, 0.3) is 0 Å². The van der Waals surface area contributed by atoms with Gasteiger partial charge < -0.3 is 15.5 Å². The minimum atomic E-state index is 0.649. The molecule has 2 rings (SSSR count). The summed E-state index contributed by atoms with van der Waals surface area (Å²) < 4.78 is 0. The molecule has 23 heavy (non-hydrogen) atoms. The number of para-hydroxylation sites is 1. The third-order valence-electron chi connectivity index (χ3n) is 3.09. The molecule has 3 nitrogen and oxygen atoms in total. The molecule has 2 aromatic carbocycles. The van der Waals surface area contributed by atoms with Crippen molar-refractivity contribution in [2.45, 2.75) is 9.79 Å². The molecule has 0 saturated heterocycles. The third kappa shape index (κ3) is 6.39. The number of hydrogen-bond acceptors (Lipinski definition) is 2. The largest absolute Gasteiger partial charge is 0.357 e. The van der Waals surface area contributed by atoms with E-state index in [9.17, 15) is 0 Å². The molecule has 0 aliphatic rings. The highest BCUT2D eigenvalue weighted by Crippen LogP contribution is 2.33. The van der Waals surface area contributed by atoms with Gasteiger partial charge in [-0.25, -0.2) is 0 Å². The molecule has 122 valence electrons. The second-order valence-corrected chi connectivity index (χ2v) is 7.35. The Morgan fingerprint density at radius 2 is 1.83 bits per heavy atom. The van der Waals surface area contributed by atoms with Crippen LogP contribution in [-0.4, -0.2) is 32.3 Å². The Hall–Kier alpha value is -1.27. The van der Waals surface area contributed by atoms with Gasteiger partial charge in [0.1, 0.15) is 0 Å². The fourth-order valence-electron chi connectivity index (χ4n) is 1.88. The number of halogens is 1. The molecule has 0 amide bonds. The number of hydrogen-bond donors (Lipinski definition) is 3. The zero-order valence-corrected chi connectivity index (χ0v) is 15.6. The Morgan fingerprint density at radius 3 is 2.52 bits per heavy atom. The number of quaternary nitrogens is 1. The predicted molar refractivity (Wildman–Crippen MR) is 104 cm³/mol. The second kappa shape index (κ2) is 9.13. The van der Waals surface area contributed by atoms with Crippen LogP contribution >= 0.6 is 35.6 Å². The average molecular weight is 367 g/mol. The van der Waals surface area contributed by atoms with E-state index in [1.165, 1.54) is 4.90 Å². The Kier molecular flexibility index (Phi) is 7.17. The quantitative estimate of drug-likeness (QED) is 0.685. The molecule has 0 aromatic heterocycles. The van der Waals surface area contributed by atoms with E-state index >= 15 is 0 Å². The van der Waals surface area contributed by atoms with Gasteiger partial charge in [0.05, 0.1) is 32.9 Å². The van der Waals surface area contributed by atoms with Crippen LogP contribution in [0.5, 0.6) is 0 Å². The van der Waals surface area contributed by atoms with Crippen molar-refractivity contribution in [2.75, 3.05) is 32.5 Å². The molecule has 0 heterocycles. The van der Waals surface area contributed by atoms with Crippen molar-refractivity contribution in [1.82, 2.24) is 5.32 Å². The van der Waals surface area contributed by atoms with E-state index in [1.54, 1.807) is 11.8 Å². The number of benzene rings is 2. The van der Waals surface area contributed by atoms with Gasteiger partial charge in [-0.1, -0.05) is 35.5 Å². The first-order valence-electron chi connectivity index (χ1n) is 7.41. The van der Waals surface area contributed by atoms with Gasteiger partial charge in [-0.3, -0.25) is 0 Å². The molecule has 6 heteroatoms. The van der Waals surface area contributed by atoms with Crippen molar-refractivity contribution in [3.05, 3.63) is 53.6 Å². The first-order chi connectivity index (χ1) is 11.0. The van der Waals surface area contributed by atoms with Crippen molar-refractivity contribution >= 4 is 46.4 Å². The minimum Gasteiger partial charge on any atom is -0.357 e. The predicted octanol–water partition coefficient (Wildman–Crippen LogP) is 2.92. The van der Waals surface area contributed by atoms with Crippen molar-refractivity contribution in [3.63, 3.8) is 0 Å². The first-order valence-corrected chi connectivity index (χ1v) is 9.01. The Morgan fingerprint density at radius 1 is 1.13 bits per heavy atom. The van der Waals surface area contributed by atoms with Crippen LogP contribution in [0.25, 0.3) is 0 Å². The number of thiocarbonyl (C=S) groups is 1. The lowest BCUT2D eigenvalue weighted by Crippen LogP contribution is -3.06. The molecule has 0 radical (unpaired) electrons. The normalized spacial score (nSPS) is 10.6. The number of rotatable bonds is 6. The van der Waals surface area contributed by atoms with Crippen LogP contribution < -0.4 is 15.5 Å². The van der Waals surface area contributed by atoms with E-state index in [0.29, 0.717) is 5.11 Å². The Bertz CT molecular complexity index is 645. The lowest BCUT2D eigenvalue weighted by atomic mass is 10.3. The smallest absolute Gasteiger partial charge is 0.171 e. The SMILES string of the molecule is C[NH+](C)CCNC(=S)Nc1ccccc1Sc1ccc(Cl)cc1.